The monoisotopic (exact) mass is 559 g/mol. The zero-order chi connectivity index (χ0) is 40.3. The van der Waals surface area contributed by atoms with E-state index in [-0.39, 0.29) is 71.6 Å². The van der Waals surface area contributed by atoms with Crippen LogP contribution in [0.25, 0.3) is 5.57 Å². The predicted octanol–water partition coefficient (Wildman–Crippen LogP) is 5.87. The maximum atomic E-state index is 8.31. The first-order valence-corrected chi connectivity index (χ1v) is 13.7. The Hall–Kier alpha value is -2.10. The highest BCUT2D eigenvalue weighted by molar-refractivity contribution is 6.99. The van der Waals surface area contributed by atoms with Gasteiger partial charge in [0.05, 0.1) is 30.3 Å². The Bertz CT molecular complexity index is 1540. The average molecular weight is 560 g/mol. The van der Waals surface area contributed by atoms with Crippen LogP contribution in [0.1, 0.15) is 104 Å². The number of rotatable bonds is 13. The number of likely N-dealkylation sites (N-methyl/N-ethyl adjacent to an activating group) is 2. The molecule has 4 rings (SSSR count). The molecule has 1 aromatic rings. The van der Waals surface area contributed by atoms with Gasteiger partial charge in [0.25, 0.3) is 5.88 Å². The third-order valence-electron chi connectivity index (χ3n) is 5.43. The van der Waals surface area contributed by atoms with Gasteiger partial charge in [0.2, 0.25) is 5.90 Å². The van der Waals surface area contributed by atoms with Crippen LogP contribution in [-0.4, -0.2) is 90.0 Å². The molecule has 0 saturated heterocycles. The molecule has 4 heterocycles. The summed E-state index contributed by atoms with van der Waals surface area (Å²) in [6, 6.07) is 0. The molecule has 0 aliphatic carbocycles. The van der Waals surface area contributed by atoms with Gasteiger partial charge >= 0.3 is 0 Å². The topological polar surface area (TPSA) is 75.4 Å². The summed E-state index contributed by atoms with van der Waals surface area (Å²) >= 11 is 0.819. The van der Waals surface area contributed by atoms with Crippen LogP contribution in [0.3, 0.4) is 0 Å². The Morgan fingerprint density at radius 3 is 2.32 bits per heavy atom. The molecular weight excluding hydrogens is 496 g/mol. The van der Waals surface area contributed by atoms with Crippen molar-refractivity contribution in [2.75, 3.05) is 59.8 Å². The van der Waals surface area contributed by atoms with Crippen molar-refractivity contribution in [1.29, 1.82) is 0 Å². The van der Waals surface area contributed by atoms with E-state index in [0.717, 1.165) is 42.3 Å². The molecule has 3 aliphatic rings. The van der Waals surface area contributed by atoms with Gasteiger partial charge in [0.15, 0.2) is 0 Å². The van der Waals surface area contributed by atoms with Gasteiger partial charge in [-0.15, -0.1) is 4.37 Å². The minimum atomic E-state index is -3.03. The molecule has 0 amide bonds. The Morgan fingerprint density at radius 1 is 0.895 bits per heavy atom. The van der Waals surface area contributed by atoms with E-state index in [1.807, 2.05) is 13.8 Å². The Kier molecular flexibility index (Phi) is 7.19. The van der Waals surface area contributed by atoms with Gasteiger partial charge in [-0.3, -0.25) is 4.99 Å². The lowest BCUT2D eigenvalue weighted by Gasteiger charge is -2.23. The van der Waals surface area contributed by atoms with Gasteiger partial charge < -0.3 is 19.3 Å². The van der Waals surface area contributed by atoms with Crippen molar-refractivity contribution in [2.45, 2.75) is 78.1 Å². The number of aliphatic imine (C=N–C) groups is 2. The van der Waals surface area contributed by atoms with Crippen molar-refractivity contribution in [3.63, 3.8) is 0 Å². The van der Waals surface area contributed by atoms with E-state index in [1.54, 1.807) is 0 Å². The summed E-state index contributed by atoms with van der Waals surface area (Å²) in [6.07, 6.45) is 7.61. The summed E-state index contributed by atoms with van der Waals surface area (Å²) in [7, 11) is 1.37. The van der Waals surface area contributed by atoms with Crippen molar-refractivity contribution < 1.29 is 30.0 Å². The van der Waals surface area contributed by atoms with Crippen LogP contribution in [0, 0.1) is 0 Å². The Balaban J connectivity index is 0.000000287. The second-order valence-electron chi connectivity index (χ2n) is 8.51. The third-order valence-corrected chi connectivity index (χ3v) is 5.94. The zero-order valence-electron chi connectivity index (χ0n) is 37.3. The number of aromatic nitrogens is 2. The molecule has 0 saturated carbocycles. The lowest BCUT2D eigenvalue weighted by atomic mass is 10.1. The number of ether oxygens (including phenoxy) is 2. The van der Waals surface area contributed by atoms with Crippen LogP contribution >= 0.6 is 11.7 Å². The first-order valence-electron chi connectivity index (χ1n) is 20.5. The minimum absolute atomic E-state index is 0.00129. The Labute approximate surface area is 255 Å². The van der Waals surface area contributed by atoms with Gasteiger partial charge in [0.1, 0.15) is 18.1 Å². The van der Waals surface area contributed by atoms with Gasteiger partial charge in [-0.2, -0.15) is 4.37 Å². The summed E-state index contributed by atoms with van der Waals surface area (Å²) in [4.78, 5) is 9.26. The van der Waals surface area contributed by atoms with Crippen LogP contribution in [0.2, 0.25) is 0 Å². The number of hydrogen-bond donors (Lipinski definition) is 0. The lowest BCUT2D eigenvalue weighted by molar-refractivity contribution is 0.294. The molecule has 0 N–H and O–H groups in total. The molecule has 0 fully saturated rings. The predicted molar refractivity (Wildman–Crippen MR) is 160 cm³/mol. The smallest absolute Gasteiger partial charge is 0.253 e. The fourth-order valence-electron chi connectivity index (χ4n) is 3.43. The van der Waals surface area contributed by atoms with E-state index < -0.39 is 46.1 Å². The molecule has 0 aromatic carbocycles. The molecule has 9 heteroatoms. The van der Waals surface area contributed by atoms with Crippen molar-refractivity contribution >= 4 is 28.9 Å². The summed E-state index contributed by atoms with van der Waals surface area (Å²) in [5, 5.41) is 0. The summed E-state index contributed by atoms with van der Waals surface area (Å²) in [5.41, 5.74) is 0.0309. The number of nitrogens with zero attached hydrogens (tertiary/aromatic N) is 6. The first kappa shape index (κ1) is 15.6. The van der Waals surface area contributed by atoms with Gasteiger partial charge in [-0.05, 0) is 50.9 Å². The van der Waals surface area contributed by atoms with Crippen LogP contribution in [0.5, 0.6) is 5.88 Å². The van der Waals surface area contributed by atoms with E-state index in [1.165, 1.54) is 19.2 Å². The van der Waals surface area contributed by atoms with Crippen molar-refractivity contribution in [2.24, 2.45) is 9.98 Å². The summed E-state index contributed by atoms with van der Waals surface area (Å²) in [5.74, 6) is -0.234. The van der Waals surface area contributed by atoms with E-state index in [4.69, 9.17) is 30.0 Å². The molecule has 212 valence electrons. The van der Waals surface area contributed by atoms with E-state index >= 15 is 0 Å². The standard InChI is InChI=1S/C15H25N3O.C14H23N3OS/c1-3-4-5-6-10-19-15-14(16-12-17-15)13-8-7-9-18(2)11-13;1-3-4-5-6-10-18-14-13(15-19-16-14)12-8-7-9-17(2)11-12/h8H,3-7,9-12H2,1-2H3;8H,3-7,9-11H2,1-2H3/i2D3,9D2,10D2,11D2;9D2,10D2,11D2. The van der Waals surface area contributed by atoms with Crippen molar-refractivity contribution in [1.82, 2.24) is 18.5 Å². The van der Waals surface area contributed by atoms with Crippen LogP contribution < -0.4 is 4.74 Å². The molecular formula is C29H48N6O2S. The number of hydrogen-bond acceptors (Lipinski definition) is 9. The molecule has 3 aliphatic heterocycles. The van der Waals surface area contributed by atoms with E-state index in [2.05, 4.69) is 18.7 Å². The van der Waals surface area contributed by atoms with Crippen LogP contribution in [-0.2, 0) is 4.74 Å². The fraction of sp³-hybridized carbons (Fsp3) is 0.724. The van der Waals surface area contributed by atoms with Crippen molar-refractivity contribution in [3.8, 4) is 5.88 Å². The highest BCUT2D eigenvalue weighted by Crippen LogP contribution is 2.27. The van der Waals surface area contributed by atoms with E-state index in [0.29, 0.717) is 12.8 Å². The molecule has 0 spiro atoms. The molecule has 0 bridgehead atoms. The largest absolute Gasteiger partial charge is 0.476 e. The normalized spacial score (nSPS) is 30.4. The summed E-state index contributed by atoms with van der Waals surface area (Å²) in [6.45, 7) is -12.1. The average Bonchev–Trinajstić information content (AvgIpc) is 3.63. The van der Waals surface area contributed by atoms with Gasteiger partial charge in [0, 0.05) is 41.1 Å². The second kappa shape index (κ2) is 17.5. The molecule has 0 radical (unpaired) electrons. The van der Waals surface area contributed by atoms with Crippen LogP contribution in [0.15, 0.2) is 27.7 Å². The lowest BCUT2D eigenvalue weighted by Crippen LogP contribution is -2.31. The van der Waals surface area contributed by atoms with Gasteiger partial charge in [-0.25, -0.2) is 4.99 Å². The highest BCUT2D eigenvalue weighted by Gasteiger charge is 2.22. The third kappa shape index (κ3) is 10.2. The molecule has 0 atom stereocenters. The fourth-order valence-corrected chi connectivity index (χ4v) is 3.93. The molecule has 0 unspecified atom stereocenters. The molecule has 8 nitrogen and oxygen atoms in total. The maximum absolute atomic E-state index is 8.31. The quantitative estimate of drug-likeness (QED) is 0.281. The number of unbranched alkanes of at least 4 members (excludes halogenated alkanes) is 4. The SMILES string of the molecule is [2H]C([2H])(CCCCC)OC1=NCN=C1C1=CCC([2H])([2H])N(C([2H])([2H])[2H])C1([2H])[2H].[2H]C([2H])(CCCCC)Oc1nsnc1C1=CCC([2H])([2H])N(C)C1([2H])[2H]. The van der Waals surface area contributed by atoms with Crippen molar-refractivity contribution in [3.05, 3.63) is 23.4 Å². The minimum Gasteiger partial charge on any atom is -0.476 e. The summed E-state index contributed by atoms with van der Waals surface area (Å²) < 4.78 is 138. The zero-order valence-corrected chi connectivity index (χ0v) is 23.2. The Morgan fingerprint density at radius 2 is 1.58 bits per heavy atom. The highest BCUT2D eigenvalue weighted by atomic mass is 32.1. The first-order chi connectivity index (χ1) is 24.2. The van der Waals surface area contributed by atoms with Crippen LogP contribution in [0.4, 0.5) is 0 Å². The molecule has 38 heavy (non-hydrogen) atoms. The van der Waals surface area contributed by atoms with E-state index in [9.17, 15) is 0 Å². The van der Waals surface area contributed by atoms with Gasteiger partial charge in [-0.1, -0.05) is 64.5 Å². The molecule has 1 aromatic heterocycles. The maximum Gasteiger partial charge on any atom is 0.253 e. The second-order valence-corrected chi connectivity index (χ2v) is 9.04.